The van der Waals surface area contributed by atoms with Gasteiger partial charge in [-0.2, -0.15) is 0 Å². The van der Waals surface area contributed by atoms with Crippen molar-refractivity contribution in [3.63, 3.8) is 0 Å². The summed E-state index contributed by atoms with van der Waals surface area (Å²) in [6, 6.07) is 1.77. The third-order valence-corrected chi connectivity index (χ3v) is 3.55. The van der Waals surface area contributed by atoms with Gasteiger partial charge in [-0.3, -0.25) is 4.90 Å². The van der Waals surface area contributed by atoms with Gasteiger partial charge in [0.2, 0.25) is 0 Å². The second-order valence-electron chi connectivity index (χ2n) is 5.03. The number of nitrogens with one attached hydrogen (secondary N) is 2. The zero-order valence-corrected chi connectivity index (χ0v) is 11.5. The Hall–Kier alpha value is -1.43. The Morgan fingerprint density at radius 3 is 2.58 bits per heavy atom. The molecule has 0 bridgehead atoms. The van der Waals surface area contributed by atoms with Crippen molar-refractivity contribution in [1.29, 1.82) is 0 Å². The molecular weight excluding hydrogens is 250 g/mol. The van der Waals surface area contributed by atoms with Crippen LogP contribution < -0.4 is 10.6 Å². The molecule has 1 unspecified atom stereocenters. The zero-order chi connectivity index (χ0) is 14.0. The van der Waals surface area contributed by atoms with Gasteiger partial charge in [0.25, 0.3) is 0 Å². The number of halogens is 2. The average Bonchev–Trinajstić information content (AvgIpc) is 3.20. The quantitative estimate of drug-likeness (QED) is 0.832. The Morgan fingerprint density at radius 1 is 1.37 bits per heavy atom. The van der Waals surface area contributed by atoms with Gasteiger partial charge < -0.3 is 10.6 Å². The molecule has 1 aromatic rings. The highest BCUT2D eigenvalue weighted by Gasteiger charge is 2.29. The molecule has 19 heavy (non-hydrogen) atoms. The predicted octanol–water partition coefficient (Wildman–Crippen LogP) is 2.30. The van der Waals surface area contributed by atoms with Crippen molar-refractivity contribution >= 4 is 11.6 Å². The first kappa shape index (κ1) is 14.0. The smallest absolute Gasteiger partial charge is 0.168 e. The molecule has 2 rings (SSSR count). The van der Waals surface area contributed by atoms with Crippen LogP contribution in [0, 0.1) is 11.6 Å². The number of hydrogen-bond donors (Lipinski definition) is 2. The van der Waals surface area contributed by atoms with E-state index < -0.39 is 11.6 Å². The van der Waals surface area contributed by atoms with E-state index in [0.717, 1.165) is 6.07 Å². The summed E-state index contributed by atoms with van der Waals surface area (Å²) < 4.78 is 26.9. The lowest BCUT2D eigenvalue weighted by molar-refractivity contribution is 0.257. The highest BCUT2D eigenvalue weighted by Crippen LogP contribution is 2.27. The maximum Gasteiger partial charge on any atom is 0.168 e. The molecule has 1 fully saturated rings. The van der Waals surface area contributed by atoms with Crippen LogP contribution >= 0.6 is 0 Å². The van der Waals surface area contributed by atoms with Crippen molar-refractivity contribution in [1.82, 2.24) is 9.88 Å². The fraction of sp³-hybridized carbons (Fsp3) is 0.615. The van der Waals surface area contributed by atoms with Crippen molar-refractivity contribution in [2.24, 2.45) is 0 Å². The lowest BCUT2D eigenvalue weighted by atomic mass is 10.3. The molecule has 1 saturated carbocycles. The molecule has 0 radical (unpaired) electrons. The Morgan fingerprint density at radius 2 is 2.00 bits per heavy atom. The minimum atomic E-state index is -0.686. The number of rotatable bonds is 6. The molecular formula is C13H20F2N4. The average molecular weight is 270 g/mol. The fourth-order valence-electron chi connectivity index (χ4n) is 2.00. The van der Waals surface area contributed by atoms with Crippen molar-refractivity contribution in [3.05, 3.63) is 17.7 Å². The molecule has 2 N–H and O–H groups in total. The number of pyridine rings is 1. The van der Waals surface area contributed by atoms with Crippen molar-refractivity contribution in [2.45, 2.75) is 31.8 Å². The van der Waals surface area contributed by atoms with Crippen molar-refractivity contribution in [2.75, 3.05) is 31.3 Å². The SMILES string of the molecule is CNc1nc(NCC(C)N(C)C2CC2)c(F)cc1F. The summed E-state index contributed by atoms with van der Waals surface area (Å²) in [7, 11) is 3.62. The minimum absolute atomic E-state index is 0.0482. The van der Waals surface area contributed by atoms with Crippen molar-refractivity contribution < 1.29 is 8.78 Å². The summed E-state index contributed by atoms with van der Waals surface area (Å²) in [6.07, 6.45) is 2.46. The first-order chi connectivity index (χ1) is 9.02. The van der Waals surface area contributed by atoms with E-state index in [-0.39, 0.29) is 17.7 Å². The van der Waals surface area contributed by atoms with Gasteiger partial charge >= 0.3 is 0 Å². The van der Waals surface area contributed by atoms with E-state index in [1.807, 2.05) is 0 Å². The molecule has 1 aliphatic carbocycles. The summed E-state index contributed by atoms with van der Waals surface area (Å²) >= 11 is 0. The van der Waals surface area contributed by atoms with Crippen LogP contribution in [-0.4, -0.2) is 42.6 Å². The van der Waals surface area contributed by atoms with Gasteiger partial charge in [0.1, 0.15) is 0 Å². The van der Waals surface area contributed by atoms with Crippen LogP contribution in [-0.2, 0) is 0 Å². The number of hydrogen-bond acceptors (Lipinski definition) is 4. The largest absolute Gasteiger partial charge is 0.371 e. The van der Waals surface area contributed by atoms with Crippen LogP contribution in [0.25, 0.3) is 0 Å². The van der Waals surface area contributed by atoms with Gasteiger partial charge in [0.15, 0.2) is 23.3 Å². The van der Waals surface area contributed by atoms with Crippen LogP contribution in [0.3, 0.4) is 0 Å². The molecule has 0 aliphatic heterocycles. The molecule has 0 spiro atoms. The third kappa shape index (κ3) is 3.32. The standard InChI is InChI=1S/C13H20F2N4/c1-8(19(3)9-4-5-9)7-17-13-11(15)6-10(14)12(16-2)18-13/h6,8-9H,4-5,7H2,1-3H3,(H2,16,17,18). The Bertz CT molecular complexity index is 449. The molecule has 0 aromatic carbocycles. The zero-order valence-electron chi connectivity index (χ0n) is 11.5. The van der Waals surface area contributed by atoms with Crippen LogP contribution in [0.15, 0.2) is 6.07 Å². The maximum absolute atomic E-state index is 13.6. The van der Waals surface area contributed by atoms with E-state index in [9.17, 15) is 8.78 Å². The molecule has 1 aliphatic rings. The van der Waals surface area contributed by atoms with E-state index >= 15 is 0 Å². The van der Waals surface area contributed by atoms with Gasteiger partial charge in [-0.25, -0.2) is 13.8 Å². The van der Waals surface area contributed by atoms with Crippen LogP contribution in [0.5, 0.6) is 0 Å². The Labute approximate surface area is 112 Å². The van der Waals surface area contributed by atoms with E-state index in [1.54, 1.807) is 7.05 Å². The molecule has 0 saturated heterocycles. The van der Waals surface area contributed by atoms with Crippen LogP contribution in [0.2, 0.25) is 0 Å². The molecule has 1 heterocycles. The van der Waals surface area contributed by atoms with E-state index in [1.165, 1.54) is 12.8 Å². The normalized spacial score (nSPS) is 16.5. The van der Waals surface area contributed by atoms with Gasteiger partial charge in [0, 0.05) is 31.7 Å². The first-order valence-electron chi connectivity index (χ1n) is 6.52. The summed E-state index contributed by atoms with van der Waals surface area (Å²) in [4.78, 5) is 6.16. The highest BCUT2D eigenvalue weighted by atomic mass is 19.1. The van der Waals surface area contributed by atoms with Gasteiger partial charge in [-0.15, -0.1) is 0 Å². The lowest BCUT2D eigenvalue weighted by Crippen LogP contribution is -2.36. The number of aromatic nitrogens is 1. The first-order valence-corrected chi connectivity index (χ1v) is 6.52. The van der Waals surface area contributed by atoms with Gasteiger partial charge in [0.05, 0.1) is 0 Å². The monoisotopic (exact) mass is 270 g/mol. The number of anilines is 2. The van der Waals surface area contributed by atoms with Crippen molar-refractivity contribution in [3.8, 4) is 0 Å². The summed E-state index contributed by atoms with van der Waals surface area (Å²) in [5.74, 6) is -1.22. The maximum atomic E-state index is 13.6. The topological polar surface area (TPSA) is 40.2 Å². The second-order valence-corrected chi connectivity index (χ2v) is 5.03. The van der Waals surface area contributed by atoms with E-state index in [2.05, 4.69) is 34.5 Å². The molecule has 106 valence electrons. The Kier molecular flexibility index (Phi) is 4.19. The molecule has 1 atom stereocenters. The van der Waals surface area contributed by atoms with Gasteiger partial charge in [-0.05, 0) is 26.8 Å². The minimum Gasteiger partial charge on any atom is -0.371 e. The summed E-state index contributed by atoms with van der Waals surface area (Å²) in [6.45, 7) is 2.65. The van der Waals surface area contributed by atoms with E-state index in [0.29, 0.717) is 12.6 Å². The van der Waals surface area contributed by atoms with Crippen LogP contribution in [0.1, 0.15) is 19.8 Å². The predicted molar refractivity (Wildman–Crippen MR) is 72.4 cm³/mol. The lowest BCUT2D eigenvalue weighted by Gasteiger charge is -2.25. The fourth-order valence-corrected chi connectivity index (χ4v) is 2.00. The van der Waals surface area contributed by atoms with E-state index in [4.69, 9.17) is 0 Å². The third-order valence-electron chi connectivity index (χ3n) is 3.55. The number of nitrogens with zero attached hydrogens (tertiary/aromatic N) is 2. The van der Waals surface area contributed by atoms with Crippen LogP contribution in [0.4, 0.5) is 20.4 Å². The summed E-state index contributed by atoms with van der Waals surface area (Å²) in [5.41, 5.74) is 0. The molecule has 1 aromatic heterocycles. The summed E-state index contributed by atoms with van der Waals surface area (Å²) in [5, 5.41) is 5.54. The molecule has 4 nitrogen and oxygen atoms in total. The van der Waals surface area contributed by atoms with Gasteiger partial charge in [-0.1, -0.05) is 0 Å². The molecule has 0 amide bonds. The number of likely N-dealkylation sites (N-methyl/N-ethyl adjacent to an activating group) is 1. The molecule has 6 heteroatoms. The Balaban J connectivity index is 1.98. The highest BCUT2D eigenvalue weighted by molar-refractivity contribution is 5.47. The second kappa shape index (κ2) is 5.69.